The summed E-state index contributed by atoms with van der Waals surface area (Å²) in [4.78, 5) is 38.0. The summed E-state index contributed by atoms with van der Waals surface area (Å²) < 4.78 is 47.2. The molecule has 4 N–H and O–H groups in total. The Kier molecular flexibility index (Phi) is 7.18. The van der Waals surface area contributed by atoms with Crippen molar-refractivity contribution in [2.45, 2.75) is 44.7 Å². The fraction of sp³-hybridized carbons (Fsp3) is 0.367. The molecule has 0 radical (unpaired) electrons. The molecule has 10 nitrogen and oxygen atoms in total. The van der Waals surface area contributed by atoms with Crippen LogP contribution in [0, 0.1) is 17.8 Å². The summed E-state index contributed by atoms with van der Waals surface area (Å²) in [5, 5.41) is 12.2. The van der Waals surface area contributed by atoms with Gasteiger partial charge in [0, 0.05) is 35.6 Å². The summed E-state index contributed by atoms with van der Waals surface area (Å²) >= 11 is 0. The number of ether oxygens (including phenoxy) is 1. The number of amides is 1. The van der Waals surface area contributed by atoms with Gasteiger partial charge in [0.05, 0.1) is 18.1 Å². The van der Waals surface area contributed by atoms with Crippen LogP contribution < -0.4 is 15.8 Å². The van der Waals surface area contributed by atoms with Gasteiger partial charge in [0.1, 0.15) is 34.4 Å². The van der Waals surface area contributed by atoms with Crippen molar-refractivity contribution in [3.8, 4) is 17.0 Å². The van der Waals surface area contributed by atoms with Crippen LogP contribution >= 0.6 is 0 Å². The number of hydrogen-bond donors (Lipinski definition) is 3. The number of aliphatic carboxylic acids is 1. The van der Waals surface area contributed by atoms with Gasteiger partial charge in [-0.3, -0.25) is 14.0 Å². The molecule has 0 saturated heterocycles. The molecule has 4 aromatic rings. The fourth-order valence-corrected chi connectivity index (χ4v) is 6.70. The van der Waals surface area contributed by atoms with Crippen molar-refractivity contribution in [3.05, 3.63) is 65.9 Å². The van der Waals surface area contributed by atoms with Crippen molar-refractivity contribution in [1.29, 1.82) is 0 Å². The SMILES string of the molecule is CCOc1cc(C(=O)Nc2cc(C(F)(F)F)ccn2)ccc1-c1nc([C@@H]2C[C@H]3CC[C@@H](C2)[C@H]3C(=O)O)n2ccnc(N)c12. The Morgan fingerprint density at radius 1 is 1.12 bits per heavy atom. The van der Waals surface area contributed by atoms with Crippen LogP contribution in [-0.2, 0) is 11.0 Å². The number of rotatable bonds is 7. The Hall–Kier alpha value is -4.68. The molecule has 13 heteroatoms. The van der Waals surface area contributed by atoms with Gasteiger partial charge in [-0.2, -0.15) is 13.2 Å². The van der Waals surface area contributed by atoms with Crippen molar-refractivity contribution < 1.29 is 32.6 Å². The predicted octanol–water partition coefficient (Wildman–Crippen LogP) is 5.65. The first-order valence-corrected chi connectivity index (χ1v) is 14.0. The van der Waals surface area contributed by atoms with Gasteiger partial charge in [-0.15, -0.1) is 0 Å². The lowest BCUT2D eigenvalue weighted by Crippen LogP contribution is -2.31. The first-order valence-electron chi connectivity index (χ1n) is 14.0. The number of carbonyl (C=O) groups is 2. The third kappa shape index (κ3) is 5.23. The van der Waals surface area contributed by atoms with Crippen LogP contribution in [0.4, 0.5) is 24.8 Å². The normalized spacial score (nSPS) is 21.6. The number of halogens is 3. The van der Waals surface area contributed by atoms with Crippen LogP contribution in [0.25, 0.3) is 16.8 Å². The summed E-state index contributed by atoms with van der Waals surface area (Å²) in [5.74, 6) is -0.436. The molecular weight excluding hydrogens is 565 g/mol. The minimum Gasteiger partial charge on any atom is -0.493 e. The van der Waals surface area contributed by atoms with Crippen LogP contribution in [0.5, 0.6) is 5.75 Å². The molecule has 2 bridgehead atoms. The molecule has 2 fully saturated rings. The Morgan fingerprint density at radius 3 is 2.53 bits per heavy atom. The Labute approximate surface area is 244 Å². The monoisotopic (exact) mass is 594 g/mol. The highest BCUT2D eigenvalue weighted by atomic mass is 19.4. The number of imidazole rings is 1. The summed E-state index contributed by atoms with van der Waals surface area (Å²) in [6.45, 7) is 2.05. The minimum atomic E-state index is -4.58. The van der Waals surface area contributed by atoms with E-state index < -0.39 is 23.6 Å². The number of nitrogen functional groups attached to an aromatic ring is 1. The molecule has 3 aromatic heterocycles. The highest BCUT2D eigenvalue weighted by Crippen LogP contribution is 2.52. The summed E-state index contributed by atoms with van der Waals surface area (Å²) in [5.41, 5.74) is 7.20. The molecular formula is C30H29F3N6O4. The van der Waals surface area contributed by atoms with Crippen molar-refractivity contribution in [1.82, 2.24) is 19.4 Å². The average molecular weight is 595 g/mol. The van der Waals surface area contributed by atoms with Gasteiger partial charge in [0.25, 0.3) is 5.91 Å². The summed E-state index contributed by atoms with van der Waals surface area (Å²) in [6, 6.07) is 6.27. The third-order valence-corrected chi connectivity index (χ3v) is 8.49. The van der Waals surface area contributed by atoms with E-state index in [9.17, 15) is 27.9 Å². The van der Waals surface area contributed by atoms with E-state index in [0.29, 0.717) is 35.4 Å². The molecule has 1 aromatic carbocycles. The Morgan fingerprint density at radius 2 is 1.86 bits per heavy atom. The van der Waals surface area contributed by atoms with E-state index in [1.807, 2.05) is 4.40 Å². The highest BCUT2D eigenvalue weighted by molar-refractivity contribution is 6.04. The van der Waals surface area contributed by atoms with Crippen LogP contribution in [0.1, 0.15) is 60.3 Å². The molecule has 3 heterocycles. The Balaban J connectivity index is 1.36. The van der Waals surface area contributed by atoms with Crippen molar-refractivity contribution >= 4 is 29.0 Å². The Bertz CT molecular complexity index is 1710. The van der Waals surface area contributed by atoms with Gasteiger partial charge < -0.3 is 20.9 Å². The van der Waals surface area contributed by atoms with Crippen LogP contribution in [-0.4, -0.2) is 42.9 Å². The molecule has 2 aliphatic rings. The van der Waals surface area contributed by atoms with E-state index in [1.54, 1.807) is 25.4 Å². The number of nitrogens with one attached hydrogen (secondary N) is 1. The van der Waals surface area contributed by atoms with Crippen LogP contribution in [0.3, 0.4) is 0 Å². The van der Waals surface area contributed by atoms with Crippen molar-refractivity contribution in [3.63, 3.8) is 0 Å². The molecule has 6 rings (SSSR count). The second-order valence-electron chi connectivity index (χ2n) is 11.0. The molecule has 1 amide bonds. The summed E-state index contributed by atoms with van der Waals surface area (Å²) in [7, 11) is 0. The molecule has 224 valence electrons. The molecule has 0 aliphatic heterocycles. The standard InChI is InChI=1S/C30H29F3N6O4/c1-2-43-21-13-17(28(40)37-22-14-19(7-8-35-22)30(31,32)33)5-6-20(21)24-25-26(34)36-9-10-39(25)27(38-24)18-11-15-3-4-16(12-18)23(15)29(41)42/h5-10,13-16,18,23H,2-4,11-12H2,1H3,(H2,34,36)(H,41,42)(H,35,37,40)/t15-,16+,18-,23+. The number of pyridine rings is 1. The number of fused-ring (bicyclic) bond motifs is 3. The van der Waals surface area contributed by atoms with Crippen LogP contribution in [0.15, 0.2) is 48.9 Å². The maximum Gasteiger partial charge on any atom is 0.416 e. The minimum absolute atomic E-state index is 0.0247. The first-order chi connectivity index (χ1) is 20.5. The molecule has 2 saturated carbocycles. The molecule has 0 unspecified atom stereocenters. The largest absolute Gasteiger partial charge is 0.493 e. The molecule has 0 spiro atoms. The maximum absolute atomic E-state index is 13.1. The van der Waals surface area contributed by atoms with E-state index in [2.05, 4.69) is 15.3 Å². The second kappa shape index (κ2) is 10.9. The van der Waals surface area contributed by atoms with Crippen molar-refractivity contribution in [2.75, 3.05) is 17.7 Å². The van der Waals surface area contributed by atoms with Gasteiger partial charge in [-0.05, 0) is 74.8 Å². The first kappa shape index (κ1) is 28.4. The fourth-order valence-electron chi connectivity index (χ4n) is 6.70. The predicted molar refractivity (Wildman–Crippen MR) is 151 cm³/mol. The van der Waals surface area contributed by atoms with Crippen LogP contribution in [0.2, 0.25) is 0 Å². The second-order valence-corrected chi connectivity index (χ2v) is 11.0. The summed E-state index contributed by atoms with van der Waals surface area (Å²) in [6.07, 6.45) is 2.94. The van der Waals surface area contributed by atoms with E-state index in [0.717, 1.165) is 37.0 Å². The zero-order valence-electron chi connectivity index (χ0n) is 23.1. The lowest BCUT2D eigenvalue weighted by molar-refractivity contribution is -0.145. The van der Waals surface area contributed by atoms with Gasteiger partial charge in [-0.25, -0.2) is 15.0 Å². The lowest BCUT2D eigenvalue weighted by atomic mass is 9.73. The van der Waals surface area contributed by atoms with Gasteiger partial charge in [0.15, 0.2) is 0 Å². The smallest absolute Gasteiger partial charge is 0.416 e. The number of aromatic nitrogens is 4. The number of anilines is 2. The van der Waals surface area contributed by atoms with E-state index in [1.165, 1.54) is 12.1 Å². The molecule has 43 heavy (non-hydrogen) atoms. The molecule has 2 aliphatic carbocycles. The zero-order valence-corrected chi connectivity index (χ0v) is 23.1. The number of alkyl halides is 3. The number of benzene rings is 1. The van der Waals surface area contributed by atoms with Gasteiger partial charge in [0.2, 0.25) is 0 Å². The lowest BCUT2D eigenvalue weighted by Gasteiger charge is -2.32. The van der Waals surface area contributed by atoms with E-state index in [4.69, 9.17) is 15.5 Å². The highest BCUT2D eigenvalue weighted by Gasteiger charge is 2.47. The van der Waals surface area contributed by atoms with Gasteiger partial charge >= 0.3 is 12.1 Å². The number of nitrogens with two attached hydrogens (primary N) is 1. The number of carboxylic acid groups (broad SMARTS) is 1. The number of carbonyl (C=O) groups excluding carboxylic acids is 1. The van der Waals surface area contributed by atoms with E-state index >= 15 is 0 Å². The maximum atomic E-state index is 13.1. The topological polar surface area (TPSA) is 145 Å². The third-order valence-electron chi connectivity index (χ3n) is 8.49. The van der Waals surface area contributed by atoms with Gasteiger partial charge in [-0.1, -0.05) is 0 Å². The number of carboxylic acids is 1. The van der Waals surface area contributed by atoms with Crippen molar-refractivity contribution in [2.24, 2.45) is 17.8 Å². The zero-order chi connectivity index (χ0) is 30.5. The number of hydrogen-bond acceptors (Lipinski definition) is 7. The quantitative estimate of drug-likeness (QED) is 0.249. The number of nitrogens with zero attached hydrogens (tertiary/aromatic N) is 4. The van der Waals surface area contributed by atoms with E-state index in [-0.39, 0.29) is 47.5 Å². The molecule has 4 atom stereocenters. The average Bonchev–Trinajstić information content (AvgIpc) is 3.48.